The normalized spacial score (nSPS) is 12.4. The summed E-state index contributed by atoms with van der Waals surface area (Å²) in [5.74, 6) is 1.67. The number of hydrogen-bond acceptors (Lipinski definition) is 7. The van der Waals surface area contributed by atoms with E-state index in [0.717, 1.165) is 12.8 Å². The van der Waals surface area contributed by atoms with Crippen LogP contribution in [0.25, 0.3) is 11.5 Å². The van der Waals surface area contributed by atoms with Gasteiger partial charge in [-0.05, 0) is 25.5 Å². The van der Waals surface area contributed by atoms with Crippen LogP contribution in [0.4, 0.5) is 0 Å². The Bertz CT molecular complexity index is 511. The highest BCUT2D eigenvalue weighted by molar-refractivity contribution is 5.47. The molecule has 0 aliphatic heterocycles. The zero-order chi connectivity index (χ0) is 13.7. The highest BCUT2D eigenvalue weighted by Gasteiger charge is 2.15. The van der Waals surface area contributed by atoms with Gasteiger partial charge in [-0.2, -0.15) is 4.98 Å². The molecule has 0 saturated carbocycles. The zero-order valence-electron chi connectivity index (χ0n) is 11.0. The molecule has 102 valence electrons. The maximum Gasteiger partial charge on any atom is 0.233 e. The zero-order valence-corrected chi connectivity index (χ0v) is 11.0. The van der Waals surface area contributed by atoms with Gasteiger partial charge in [0.05, 0.1) is 7.11 Å². The average Bonchev–Trinajstić information content (AvgIpc) is 2.94. The van der Waals surface area contributed by atoms with Gasteiger partial charge in [-0.1, -0.05) is 12.1 Å². The summed E-state index contributed by atoms with van der Waals surface area (Å²) in [6.45, 7) is 2.70. The highest BCUT2D eigenvalue weighted by Crippen LogP contribution is 2.21. The number of methoxy groups -OCH3 is 1. The van der Waals surface area contributed by atoms with Crippen LogP contribution in [-0.4, -0.2) is 34.0 Å². The van der Waals surface area contributed by atoms with Gasteiger partial charge in [0.15, 0.2) is 0 Å². The second kappa shape index (κ2) is 6.24. The Morgan fingerprint density at radius 2 is 2.21 bits per heavy atom. The molecule has 0 saturated heterocycles. The predicted octanol–water partition coefficient (Wildman–Crippen LogP) is 1.38. The molecule has 2 heterocycles. The van der Waals surface area contributed by atoms with Crippen molar-refractivity contribution in [3.8, 4) is 17.4 Å². The summed E-state index contributed by atoms with van der Waals surface area (Å²) in [5.41, 5.74) is 6.04. The summed E-state index contributed by atoms with van der Waals surface area (Å²) in [6.07, 6.45) is 1.85. The lowest BCUT2D eigenvalue weighted by Gasteiger charge is -2.03. The van der Waals surface area contributed by atoms with E-state index < -0.39 is 0 Å². The fourth-order valence-corrected chi connectivity index (χ4v) is 1.64. The fraction of sp³-hybridized carbons (Fsp3) is 0.500. The Hall–Kier alpha value is -2.02. The molecule has 2 rings (SSSR count). The van der Waals surface area contributed by atoms with Crippen molar-refractivity contribution in [3.63, 3.8) is 0 Å². The summed E-state index contributed by atoms with van der Waals surface area (Å²) >= 11 is 0. The molecule has 0 radical (unpaired) electrons. The third-order valence-corrected chi connectivity index (χ3v) is 2.78. The summed E-state index contributed by atoms with van der Waals surface area (Å²) in [5, 5.41) is 11.8. The lowest BCUT2D eigenvalue weighted by molar-refractivity contribution is 0.352. The van der Waals surface area contributed by atoms with Crippen molar-refractivity contribution in [2.45, 2.75) is 25.7 Å². The van der Waals surface area contributed by atoms with Crippen LogP contribution in [0, 0.1) is 0 Å². The van der Waals surface area contributed by atoms with Crippen LogP contribution in [0.5, 0.6) is 5.88 Å². The van der Waals surface area contributed by atoms with Crippen LogP contribution in [0.3, 0.4) is 0 Å². The number of nitrogens with zero attached hydrogens (tertiary/aromatic N) is 4. The Kier molecular flexibility index (Phi) is 4.40. The van der Waals surface area contributed by atoms with Crippen molar-refractivity contribution in [2.75, 3.05) is 13.7 Å². The van der Waals surface area contributed by atoms with Gasteiger partial charge in [-0.15, -0.1) is 10.2 Å². The lowest BCUT2D eigenvalue weighted by Crippen LogP contribution is -2.02. The van der Waals surface area contributed by atoms with E-state index in [1.54, 1.807) is 12.1 Å². The van der Waals surface area contributed by atoms with Gasteiger partial charge in [-0.25, -0.2) is 0 Å². The molecule has 0 aromatic carbocycles. The van der Waals surface area contributed by atoms with Crippen molar-refractivity contribution in [1.29, 1.82) is 0 Å². The van der Waals surface area contributed by atoms with Crippen LogP contribution >= 0.6 is 0 Å². The molecule has 19 heavy (non-hydrogen) atoms. The Morgan fingerprint density at radius 1 is 1.37 bits per heavy atom. The minimum atomic E-state index is 0.191. The Morgan fingerprint density at radius 3 is 2.84 bits per heavy atom. The van der Waals surface area contributed by atoms with Crippen LogP contribution in [0.15, 0.2) is 16.7 Å². The summed E-state index contributed by atoms with van der Waals surface area (Å²) < 4.78 is 10.2. The van der Waals surface area contributed by atoms with E-state index in [1.807, 2.05) is 6.92 Å². The first-order valence-electron chi connectivity index (χ1n) is 6.16. The Labute approximate surface area is 111 Å². The van der Waals surface area contributed by atoms with Crippen LogP contribution in [-0.2, 0) is 0 Å². The molecule has 7 heteroatoms. The second-order valence-corrected chi connectivity index (χ2v) is 4.25. The first kappa shape index (κ1) is 13.4. The van der Waals surface area contributed by atoms with Crippen molar-refractivity contribution in [3.05, 3.63) is 18.0 Å². The topological polar surface area (TPSA) is 100.0 Å². The molecular formula is C12H17N5O2. The molecule has 2 aromatic rings. The monoisotopic (exact) mass is 263 g/mol. The van der Waals surface area contributed by atoms with Crippen LogP contribution in [0.1, 0.15) is 31.6 Å². The summed E-state index contributed by atoms with van der Waals surface area (Å²) in [4.78, 5) is 4.33. The van der Waals surface area contributed by atoms with Crippen LogP contribution in [0.2, 0.25) is 0 Å². The molecule has 1 unspecified atom stereocenters. The van der Waals surface area contributed by atoms with E-state index in [9.17, 15) is 0 Å². The van der Waals surface area contributed by atoms with E-state index in [0.29, 0.717) is 29.8 Å². The van der Waals surface area contributed by atoms with Gasteiger partial charge >= 0.3 is 0 Å². The number of aromatic nitrogens is 4. The maximum absolute atomic E-state index is 5.48. The molecule has 0 amide bonds. The number of rotatable bonds is 6. The van der Waals surface area contributed by atoms with Gasteiger partial charge in [-0.3, -0.25) is 0 Å². The average molecular weight is 263 g/mol. The van der Waals surface area contributed by atoms with Crippen molar-refractivity contribution in [2.24, 2.45) is 5.73 Å². The second-order valence-electron chi connectivity index (χ2n) is 4.25. The Balaban J connectivity index is 2.11. The molecule has 7 nitrogen and oxygen atoms in total. The quantitative estimate of drug-likeness (QED) is 0.840. The van der Waals surface area contributed by atoms with E-state index in [4.69, 9.17) is 15.0 Å². The first-order chi connectivity index (χ1) is 9.24. The standard InChI is InChI=1S/C12H17N5O2/c1-8(4-3-7-13)12-14-11(17-19-12)9-5-6-10(18-2)16-15-9/h5-6,8H,3-4,7,13H2,1-2H3. The molecule has 0 aliphatic rings. The van der Waals surface area contributed by atoms with Crippen molar-refractivity contribution < 1.29 is 9.26 Å². The largest absolute Gasteiger partial charge is 0.480 e. The minimum Gasteiger partial charge on any atom is -0.480 e. The molecule has 1 atom stereocenters. The highest BCUT2D eigenvalue weighted by atomic mass is 16.5. The first-order valence-corrected chi connectivity index (χ1v) is 6.16. The SMILES string of the molecule is COc1ccc(-c2noc(C(C)CCCN)n2)nn1. The van der Waals surface area contributed by atoms with E-state index in [1.165, 1.54) is 7.11 Å². The van der Waals surface area contributed by atoms with Gasteiger partial charge in [0.25, 0.3) is 0 Å². The molecule has 0 spiro atoms. The van der Waals surface area contributed by atoms with Gasteiger partial charge in [0.2, 0.25) is 17.6 Å². The van der Waals surface area contributed by atoms with Crippen molar-refractivity contribution in [1.82, 2.24) is 20.3 Å². The lowest BCUT2D eigenvalue weighted by atomic mass is 10.1. The number of nitrogens with two attached hydrogens (primary N) is 1. The smallest absolute Gasteiger partial charge is 0.233 e. The van der Waals surface area contributed by atoms with Crippen LogP contribution < -0.4 is 10.5 Å². The van der Waals surface area contributed by atoms with Gasteiger partial charge < -0.3 is 15.0 Å². The number of ether oxygens (including phenoxy) is 1. The number of hydrogen-bond donors (Lipinski definition) is 1. The fourth-order valence-electron chi connectivity index (χ4n) is 1.64. The van der Waals surface area contributed by atoms with Gasteiger partial charge in [0, 0.05) is 12.0 Å². The van der Waals surface area contributed by atoms with Crippen molar-refractivity contribution >= 4 is 0 Å². The summed E-state index contributed by atoms with van der Waals surface area (Å²) in [7, 11) is 1.54. The van der Waals surface area contributed by atoms with E-state index in [-0.39, 0.29) is 5.92 Å². The minimum absolute atomic E-state index is 0.191. The molecule has 0 bridgehead atoms. The molecule has 2 aromatic heterocycles. The van der Waals surface area contributed by atoms with E-state index in [2.05, 4.69) is 20.3 Å². The molecule has 2 N–H and O–H groups in total. The third-order valence-electron chi connectivity index (χ3n) is 2.78. The van der Waals surface area contributed by atoms with Gasteiger partial charge in [0.1, 0.15) is 5.69 Å². The maximum atomic E-state index is 5.48. The molecule has 0 aliphatic carbocycles. The summed E-state index contributed by atoms with van der Waals surface area (Å²) in [6, 6.07) is 3.45. The third kappa shape index (κ3) is 3.25. The molecule has 0 fully saturated rings. The molecular weight excluding hydrogens is 246 g/mol. The predicted molar refractivity (Wildman–Crippen MR) is 68.6 cm³/mol. The van der Waals surface area contributed by atoms with E-state index >= 15 is 0 Å².